The molecule has 1 atom stereocenters. The summed E-state index contributed by atoms with van der Waals surface area (Å²) in [6.07, 6.45) is 5.61. The molecule has 0 saturated carbocycles. The van der Waals surface area contributed by atoms with E-state index in [1.807, 2.05) is 55.0 Å². The monoisotopic (exact) mass is 300 g/mol. The quantitative estimate of drug-likeness (QED) is 0.756. The molecule has 0 N–H and O–H groups in total. The van der Waals surface area contributed by atoms with Crippen LogP contribution in [0.15, 0.2) is 42.7 Å². The van der Waals surface area contributed by atoms with Crippen LogP contribution >= 0.6 is 9.24 Å². The van der Waals surface area contributed by atoms with Crippen LogP contribution < -0.4 is 4.90 Å². The van der Waals surface area contributed by atoms with Crippen LogP contribution in [0.25, 0.3) is 0 Å². The molecule has 1 aromatic heterocycles. The molecular weight excluding hydrogens is 279 g/mol. The Hall–Kier alpha value is -1.73. The van der Waals surface area contributed by atoms with Crippen molar-refractivity contribution in [3.63, 3.8) is 0 Å². The van der Waals surface area contributed by atoms with Gasteiger partial charge in [0.05, 0.1) is 5.69 Å². The maximum Gasteiger partial charge on any atom is 0.258 e. The first-order valence-electron chi connectivity index (χ1n) is 7.15. The summed E-state index contributed by atoms with van der Waals surface area (Å²) in [4.78, 5) is 18.6. The molecule has 1 aromatic carbocycles. The van der Waals surface area contributed by atoms with E-state index in [2.05, 4.69) is 14.2 Å². The first kappa shape index (κ1) is 15.7. The molecule has 1 amide bonds. The van der Waals surface area contributed by atoms with Gasteiger partial charge in [-0.05, 0) is 43.5 Å². The highest BCUT2D eigenvalue weighted by Crippen LogP contribution is 2.27. The molecule has 0 fully saturated rings. The molecule has 21 heavy (non-hydrogen) atoms. The molecule has 0 aliphatic carbocycles. The van der Waals surface area contributed by atoms with Crippen LogP contribution in [0, 0.1) is 6.92 Å². The number of rotatable bonds is 1. The molecule has 0 saturated heterocycles. The van der Waals surface area contributed by atoms with E-state index < -0.39 is 0 Å². The van der Waals surface area contributed by atoms with Gasteiger partial charge in [-0.25, -0.2) is 0 Å². The fourth-order valence-corrected chi connectivity index (χ4v) is 2.57. The number of nitrogens with zero attached hydrogens (tertiary/aromatic N) is 2. The average molecular weight is 300 g/mol. The third-order valence-corrected chi connectivity index (χ3v) is 3.51. The van der Waals surface area contributed by atoms with Gasteiger partial charge in [0.1, 0.15) is 0 Å². The molecule has 0 radical (unpaired) electrons. The fourth-order valence-electron chi connectivity index (χ4n) is 2.57. The van der Waals surface area contributed by atoms with Crippen LogP contribution in [0.5, 0.6) is 0 Å². The van der Waals surface area contributed by atoms with Crippen molar-refractivity contribution in [2.45, 2.75) is 19.8 Å². The highest BCUT2D eigenvalue weighted by atomic mass is 31.0. The molecule has 1 aliphatic heterocycles. The number of hydrogen-bond donors (Lipinski definition) is 0. The van der Waals surface area contributed by atoms with Crippen LogP contribution in [0.1, 0.15) is 27.9 Å². The van der Waals surface area contributed by atoms with Crippen molar-refractivity contribution < 1.29 is 4.79 Å². The largest absolute Gasteiger partial charge is 0.308 e. The molecule has 110 valence electrons. The minimum absolute atomic E-state index is 0.0795. The number of aryl methyl sites for hydroxylation is 2. The maximum atomic E-state index is 12.6. The molecule has 0 spiro atoms. The van der Waals surface area contributed by atoms with E-state index in [-0.39, 0.29) is 5.91 Å². The zero-order valence-corrected chi connectivity index (χ0v) is 13.7. The Labute approximate surface area is 128 Å². The number of anilines is 1. The number of hydrogen-bond acceptors (Lipinski definition) is 2. The summed E-state index contributed by atoms with van der Waals surface area (Å²) in [5.74, 6) is 0.0795. The van der Waals surface area contributed by atoms with Gasteiger partial charge in [0.15, 0.2) is 0 Å². The van der Waals surface area contributed by atoms with Gasteiger partial charge >= 0.3 is 0 Å². The number of benzene rings is 1. The van der Waals surface area contributed by atoms with Crippen LogP contribution in [0.3, 0.4) is 0 Å². The summed E-state index contributed by atoms with van der Waals surface area (Å²) in [6, 6.07) is 9.69. The predicted molar refractivity (Wildman–Crippen MR) is 91.0 cm³/mol. The van der Waals surface area contributed by atoms with E-state index in [0.29, 0.717) is 0 Å². The Morgan fingerprint density at radius 1 is 1.29 bits per heavy atom. The minimum Gasteiger partial charge on any atom is -0.308 e. The topological polar surface area (TPSA) is 33.2 Å². The van der Waals surface area contributed by atoms with Crippen molar-refractivity contribution in [3.8, 4) is 0 Å². The van der Waals surface area contributed by atoms with Crippen molar-refractivity contribution in [3.05, 3.63) is 59.4 Å². The number of aromatic nitrogens is 1. The number of carbonyl (C=O) groups excluding carboxylic acids is 1. The molecule has 4 heteroatoms. The molecule has 2 aromatic rings. The van der Waals surface area contributed by atoms with Crippen molar-refractivity contribution >= 4 is 20.8 Å². The second-order valence-electron chi connectivity index (χ2n) is 4.93. The van der Waals surface area contributed by atoms with Crippen molar-refractivity contribution in [1.29, 1.82) is 0 Å². The van der Waals surface area contributed by atoms with E-state index in [0.717, 1.165) is 41.8 Å². The second kappa shape index (κ2) is 7.33. The SMILES string of the molecule is CP.Cc1cccc(C(=O)N2CCCc3cnccc32)c1. The van der Waals surface area contributed by atoms with Crippen LogP contribution in [-0.4, -0.2) is 24.1 Å². The molecular formula is C17H21N2OP. The van der Waals surface area contributed by atoms with E-state index in [9.17, 15) is 4.79 Å². The lowest BCUT2D eigenvalue weighted by Crippen LogP contribution is -2.35. The van der Waals surface area contributed by atoms with E-state index in [4.69, 9.17) is 0 Å². The van der Waals surface area contributed by atoms with Gasteiger partial charge in [0.2, 0.25) is 0 Å². The zero-order valence-electron chi connectivity index (χ0n) is 12.5. The van der Waals surface area contributed by atoms with Gasteiger partial charge in [-0.1, -0.05) is 24.4 Å². The van der Waals surface area contributed by atoms with E-state index >= 15 is 0 Å². The summed E-state index contributed by atoms with van der Waals surface area (Å²) in [7, 11) is 2.42. The number of carbonyl (C=O) groups is 1. The molecule has 2 heterocycles. The van der Waals surface area contributed by atoms with Gasteiger partial charge in [0, 0.05) is 24.5 Å². The lowest BCUT2D eigenvalue weighted by Gasteiger charge is -2.29. The third kappa shape index (κ3) is 3.48. The van der Waals surface area contributed by atoms with E-state index in [1.54, 1.807) is 6.20 Å². The van der Waals surface area contributed by atoms with Gasteiger partial charge in [0.25, 0.3) is 5.91 Å². The highest BCUT2D eigenvalue weighted by Gasteiger charge is 2.23. The smallest absolute Gasteiger partial charge is 0.258 e. The Morgan fingerprint density at radius 3 is 2.86 bits per heavy atom. The van der Waals surface area contributed by atoms with Crippen molar-refractivity contribution in [2.24, 2.45) is 0 Å². The Kier molecular flexibility index (Phi) is 5.46. The number of amides is 1. The van der Waals surface area contributed by atoms with Gasteiger partial charge in [-0.2, -0.15) is 0 Å². The fraction of sp³-hybridized carbons (Fsp3) is 0.294. The Morgan fingerprint density at radius 2 is 2.10 bits per heavy atom. The Bertz CT molecular complexity index is 628. The van der Waals surface area contributed by atoms with Crippen molar-refractivity contribution in [2.75, 3.05) is 18.1 Å². The van der Waals surface area contributed by atoms with Gasteiger partial charge < -0.3 is 4.90 Å². The molecule has 1 unspecified atom stereocenters. The standard InChI is InChI=1S/C16H16N2O.CH5P/c1-12-4-2-5-13(10-12)16(19)18-9-3-6-14-11-17-8-7-15(14)18;1-2/h2,4-5,7-8,10-11H,3,6,9H2,1H3;2H2,1H3. The first-order chi connectivity index (χ1) is 10.3. The Balaban J connectivity index is 0.000000774. The molecule has 1 aliphatic rings. The molecule has 3 nitrogen and oxygen atoms in total. The number of pyridine rings is 1. The average Bonchev–Trinajstić information content (AvgIpc) is 2.55. The highest BCUT2D eigenvalue weighted by molar-refractivity contribution is 7.15. The minimum atomic E-state index is 0.0795. The first-order valence-corrected chi connectivity index (χ1v) is 8.30. The van der Waals surface area contributed by atoms with Gasteiger partial charge in [-0.3, -0.25) is 9.78 Å². The predicted octanol–water partition coefficient (Wildman–Crippen LogP) is 3.47. The maximum absolute atomic E-state index is 12.6. The normalized spacial score (nSPS) is 13.0. The summed E-state index contributed by atoms with van der Waals surface area (Å²) >= 11 is 0. The van der Waals surface area contributed by atoms with Crippen LogP contribution in [0.2, 0.25) is 0 Å². The van der Waals surface area contributed by atoms with Crippen molar-refractivity contribution in [1.82, 2.24) is 4.98 Å². The van der Waals surface area contributed by atoms with E-state index in [1.165, 1.54) is 0 Å². The summed E-state index contributed by atoms with van der Waals surface area (Å²) < 4.78 is 0. The summed E-state index contributed by atoms with van der Waals surface area (Å²) in [5.41, 5.74) is 4.03. The lowest BCUT2D eigenvalue weighted by molar-refractivity contribution is 0.0985. The molecule has 3 rings (SSSR count). The second-order valence-corrected chi connectivity index (χ2v) is 4.93. The molecule has 0 bridgehead atoms. The third-order valence-electron chi connectivity index (χ3n) is 3.51. The van der Waals surface area contributed by atoms with Crippen LogP contribution in [-0.2, 0) is 6.42 Å². The summed E-state index contributed by atoms with van der Waals surface area (Å²) in [5, 5.41) is 0. The zero-order chi connectivity index (χ0) is 15.2. The summed E-state index contributed by atoms with van der Waals surface area (Å²) in [6.45, 7) is 4.70. The number of fused-ring (bicyclic) bond motifs is 1. The lowest BCUT2D eigenvalue weighted by atomic mass is 10.0. The van der Waals surface area contributed by atoms with Gasteiger partial charge in [-0.15, -0.1) is 9.24 Å². The van der Waals surface area contributed by atoms with Crippen LogP contribution in [0.4, 0.5) is 5.69 Å².